The Hall–Kier alpha value is -3.75. The van der Waals surface area contributed by atoms with Gasteiger partial charge >= 0.3 is 0 Å². The van der Waals surface area contributed by atoms with Gasteiger partial charge in [-0.1, -0.05) is 29.8 Å². The number of benzene rings is 2. The van der Waals surface area contributed by atoms with Gasteiger partial charge in [0.1, 0.15) is 0 Å². The highest BCUT2D eigenvalue weighted by molar-refractivity contribution is 5.95. The van der Waals surface area contributed by atoms with E-state index in [1.54, 1.807) is 7.05 Å². The molecule has 0 unspecified atom stereocenters. The molecule has 0 bridgehead atoms. The van der Waals surface area contributed by atoms with Crippen molar-refractivity contribution < 1.29 is 9.59 Å². The lowest BCUT2D eigenvalue weighted by Gasteiger charge is -2.18. The quantitative estimate of drug-likeness (QED) is 0.581. The normalized spacial score (nSPS) is 13.0. The third-order valence-electron chi connectivity index (χ3n) is 5.09. The van der Waals surface area contributed by atoms with Gasteiger partial charge in [0.15, 0.2) is 5.82 Å². The summed E-state index contributed by atoms with van der Waals surface area (Å²) in [4.78, 5) is 26.1. The second-order valence-corrected chi connectivity index (χ2v) is 7.78. The molecule has 0 spiro atoms. The SMILES string of the molecule is Cc1ccc(NC(=O)CN(C)C(=O)CNc2cccc(-c3nnnn3C3CC3)c2)cc1. The molecule has 4 rings (SSSR count). The number of hydrogen-bond donors (Lipinski definition) is 2. The third kappa shape index (κ3) is 5.25. The van der Waals surface area contributed by atoms with Gasteiger partial charge in [-0.25, -0.2) is 4.68 Å². The molecule has 1 aliphatic rings. The standard InChI is InChI=1S/C22H25N7O2/c1-15-6-8-17(9-7-15)24-20(30)14-28(2)21(31)13-23-18-5-3-4-16(12-18)22-25-26-27-29(22)19-10-11-19/h3-9,12,19,23H,10-11,13-14H2,1-2H3,(H,24,30). The zero-order valence-electron chi connectivity index (χ0n) is 17.6. The molecule has 2 amide bonds. The van der Waals surface area contributed by atoms with Crippen LogP contribution in [0.3, 0.4) is 0 Å². The molecule has 1 fully saturated rings. The number of carbonyl (C=O) groups is 2. The molecule has 9 heteroatoms. The summed E-state index contributed by atoms with van der Waals surface area (Å²) in [5.41, 5.74) is 3.50. The van der Waals surface area contributed by atoms with E-state index in [1.807, 2.05) is 60.1 Å². The Balaban J connectivity index is 1.30. The number of amides is 2. The van der Waals surface area contributed by atoms with Crippen LogP contribution in [-0.2, 0) is 9.59 Å². The number of aryl methyl sites for hydroxylation is 1. The van der Waals surface area contributed by atoms with Gasteiger partial charge in [-0.3, -0.25) is 9.59 Å². The Morgan fingerprint density at radius 1 is 1.13 bits per heavy atom. The van der Waals surface area contributed by atoms with Crippen LogP contribution in [0, 0.1) is 6.92 Å². The molecule has 1 heterocycles. The van der Waals surface area contributed by atoms with Crippen molar-refractivity contribution in [1.82, 2.24) is 25.1 Å². The van der Waals surface area contributed by atoms with E-state index < -0.39 is 0 Å². The van der Waals surface area contributed by atoms with Crippen LogP contribution in [0.1, 0.15) is 24.4 Å². The molecule has 0 saturated heterocycles. The van der Waals surface area contributed by atoms with Gasteiger partial charge in [0.25, 0.3) is 0 Å². The van der Waals surface area contributed by atoms with Gasteiger partial charge in [0.2, 0.25) is 11.8 Å². The van der Waals surface area contributed by atoms with E-state index in [-0.39, 0.29) is 24.9 Å². The fourth-order valence-corrected chi connectivity index (χ4v) is 3.17. The zero-order valence-corrected chi connectivity index (χ0v) is 17.6. The molecule has 1 aliphatic carbocycles. The largest absolute Gasteiger partial charge is 0.376 e. The van der Waals surface area contributed by atoms with Crippen LogP contribution < -0.4 is 10.6 Å². The Morgan fingerprint density at radius 2 is 1.90 bits per heavy atom. The summed E-state index contributed by atoms with van der Waals surface area (Å²) in [5.74, 6) is 0.295. The van der Waals surface area contributed by atoms with Crippen LogP contribution in [0.2, 0.25) is 0 Å². The van der Waals surface area contributed by atoms with Crippen molar-refractivity contribution in [3.63, 3.8) is 0 Å². The van der Waals surface area contributed by atoms with E-state index in [0.29, 0.717) is 11.7 Å². The minimum absolute atomic E-state index is 0.0232. The predicted octanol–water partition coefficient (Wildman–Crippen LogP) is 2.49. The third-order valence-corrected chi connectivity index (χ3v) is 5.09. The van der Waals surface area contributed by atoms with Crippen LogP contribution in [0.25, 0.3) is 11.4 Å². The van der Waals surface area contributed by atoms with Gasteiger partial charge < -0.3 is 15.5 Å². The average molecular weight is 419 g/mol. The smallest absolute Gasteiger partial charge is 0.243 e. The fraction of sp³-hybridized carbons (Fsp3) is 0.318. The Morgan fingerprint density at radius 3 is 2.65 bits per heavy atom. The highest BCUT2D eigenvalue weighted by Crippen LogP contribution is 2.36. The Kier molecular flexibility index (Phi) is 5.92. The molecule has 0 aliphatic heterocycles. The summed E-state index contributed by atoms with van der Waals surface area (Å²) in [6.07, 6.45) is 2.18. The molecule has 3 aromatic rings. The number of anilines is 2. The Bertz CT molecular complexity index is 1070. The van der Waals surface area contributed by atoms with Gasteiger partial charge in [0.05, 0.1) is 19.1 Å². The van der Waals surface area contributed by atoms with Crippen LogP contribution in [0.4, 0.5) is 11.4 Å². The fourth-order valence-electron chi connectivity index (χ4n) is 3.17. The van der Waals surface area contributed by atoms with E-state index in [1.165, 1.54) is 4.90 Å². The van der Waals surface area contributed by atoms with E-state index in [0.717, 1.165) is 35.5 Å². The maximum absolute atomic E-state index is 12.5. The summed E-state index contributed by atoms with van der Waals surface area (Å²) >= 11 is 0. The summed E-state index contributed by atoms with van der Waals surface area (Å²) < 4.78 is 1.85. The second-order valence-electron chi connectivity index (χ2n) is 7.78. The molecular weight excluding hydrogens is 394 g/mol. The van der Waals surface area contributed by atoms with E-state index in [4.69, 9.17) is 0 Å². The number of nitrogens with zero attached hydrogens (tertiary/aromatic N) is 5. The minimum Gasteiger partial charge on any atom is -0.376 e. The molecule has 160 valence electrons. The minimum atomic E-state index is -0.242. The first-order chi connectivity index (χ1) is 15.0. The van der Waals surface area contributed by atoms with E-state index >= 15 is 0 Å². The van der Waals surface area contributed by atoms with Crippen LogP contribution in [-0.4, -0.2) is 57.1 Å². The van der Waals surface area contributed by atoms with Crippen molar-refractivity contribution in [3.8, 4) is 11.4 Å². The van der Waals surface area contributed by atoms with Crippen LogP contribution in [0.5, 0.6) is 0 Å². The number of rotatable bonds is 8. The number of aromatic nitrogens is 4. The number of hydrogen-bond acceptors (Lipinski definition) is 6. The molecule has 31 heavy (non-hydrogen) atoms. The summed E-state index contributed by atoms with van der Waals surface area (Å²) in [6, 6.07) is 15.5. The average Bonchev–Trinajstić information content (AvgIpc) is 3.49. The van der Waals surface area contributed by atoms with Crippen LogP contribution in [0.15, 0.2) is 48.5 Å². The molecule has 9 nitrogen and oxygen atoms in total. The predicted molar refractivity (Wildman–Crippen MR) is 117 cm³/mol. The molecular formula is C22H25N7O2. The Labute approximate surface area is 180 Å². The molecule has 0 atom stereocenters. The van der Waals surface area contributed by atoms with E-state index in [2.05, 4.69) is 26.2 Å². The van der Waals surface area contributed by atoms with Crippen molar-refractivity contribution in [3.05, 3.63) is 54.1 Å². The first kappa shape index (κ1) is 20.5. The first-order valence-electron chi connectivity index (χ1n) is 10.2. The molecule has 0 radical (unpaired) electrons. The summed E-state index contributed by atoms with van der Waals surface area (Å²) in [5, 5.41) is 17.9. The lowest BCUT2D eigenvalue weighted by Crippen LogP contribution is -2.38. The lowest BCUT2D eigenvalue weighted by atomic mass is 10.2. The number of likely N-dealkylation sites (N-methyl/N-ethyl adjacent to an activating group) is 1. The molecule has 1 saturated carbocycles. The van der Waals surface area contributed by atoms with Gasteiger partial charge in [-0.2, -0.15) is 0 Å². The molecule has 2 aromatic carbocycles. The maximum atomic E-state index is 12.5. The topological polar surface area (TPSA) is 105 Å². The number of carbonyl (C=O) groups excluding carboxylic acids is 2. The molecule has 1 aromatic heterocycles. The second kappa shape index (κ2) is 8.95. The van der Waals surface area contributed by atoms with Gasteiger partial charge in [-0.15, -0.1) is 5.10 Å². The van der Waals surface area contributed by atoms with Crippen molar-refractivity contribution in [1.29, 1.82) is 0 Å². The highest BCUT2D eigenvalue weighted by atomic mass is 16.2. The monoisotopic (exact) mass is 419 g/mol. The van der Waals surface area contributed by atoms with Gasteiger partial charge in [0, 0.05) is 24.0 Å². The number of nitrogens with one attached hydrogen (secondary N) is 2. The summed E-state index contributed by atoms with van der Waals surface area (Å²) in [7, 11) is 1.61. The maximum Gasteiger partial charge on any atom is 0.243 e. The zero-order chi connectivity index (χ0) is 21.8. The lowest BCUT2D eigenvalue weighted by molar-refractivity contribution is -0.131. The van der Waals surface area contributed by atoms with Crippen molar-refractivity contribution in [2.45, 2.75) is 25.8 Å². The van der Waals surface area contributed by atoms with Crippen molar-refractivity contribution in [2.24, 2.45) is 0 Å². The summed E-state index contributed by atoms with van der Waals surface area (Å²) in [6.45, 7) is 2.03. The van der Waals surface area contributed by atoms with E-state index in [9.17, 15) is 9.59 Å². The highest BCUT2D eigenvalue weighted by Gasteiger charge is 2.28. The van der Waals surface area contributed by atoms with Crippen LogP contribution >= 0.6 is 0 Å². The first-order valence-corrected chi connectivity index (χ1v) is 10.2. The molecule has 2 N–H and O–H groups in total. The van der Waals surface area contributed by atoms with Crippen molar-refractivity contribution >= 4 is 23.2 Å². The number of tetrazole rings is 1. The van der Waals surface area contributed by atoms with Gasteiger partial charge in [-0.05, 0) is 54.5 Å². The van der Waals surface area contributed by atoms with Crippen molar-refractivity contribution in [2.75, 3.05) is 30.8 Å².